The van der Waals surface area contributed by atoms with Crippen LogP contribution in [0.15, 0.2) is 0 Å². The van der Waals surface area contributed by atoms with E-state index in [1.165, 1.54) is 12.6 Å². The average molecular weight is 206 g/mol. The fraction of sp³-hybridized carbons (Fsp3) is 1.00. The molecule has 0 aliphatic heterocycles. The first-order valence-corrected chi connectivity index (χ1v) is 7.05. The lowest BCUT2D eigenvalue weighted by molar-refractivity contribution is 0.0915. The van der Waals surface area contributed by atoms with Crippen molar-refractivity contribution in [2.45, 2.75) is 33.3 Å². The van der Waals surface area contributed by atoms with Crippen molar-refractivity contribution < 1.29 is 9.84 Å². The Labute approximate surface area is 83.4 Å². The van der Waals surface area contributed by atoms with Gasteiger partial charge in [-0.05, 0) is 32.3 Å². The predicted molar refractivity (Wildman–Crippen MR) is 60.0 cm³/mol. The standard InChI is InChI=1S/C10H23O2P/c1-4-7-13(8-5-11)9-6-12-10(2)3/h10-11H,4-9H2,1-3H3. The van der Waals surface area contributed by atoms with Gasteiger partial charge in [0.1, 0.15) is 0 Å². The maximum Gasteiger partial charge on any atom is 0.0519 e. The van der Waals surface area contributed by atoms with Crippen LogP contribution in [0.2, 0.25) is 0 Å². The summed E-state index contributed by atoms with van der Waals surface area (Å²) in [6, 6.07) is 0. The molecule has 80 valence electrons. The van der Waals surface area contributed by atoms with Crippen molar-refractivity contribution in [3.63, 3.8) is 0 Å². The van der Waals surface area contributed by atoms with Gasteiger partial charge in [0.15, 0.2) is 0 Å². The van der Waals surface area contributed by atoms with Gasteiger partial charge in [0, 0.05) is 6.61 Å². The van der Waals surface area contributed by atoms with Crippen LogP contribution in [0.4, 0.5) is 0 Å². The van der Waals surface area contributed by atoms with Crippen molar-refractivity contribution in [2.24, 2.45) is 0 Å². The Balaban J connectivity index is 3.44. The Hall–Kier alpha value is 0.350. The van der Waals surface area contributed by atoms with Crippen molar-refractivity contribution in [3.8, 4) is 0 Å². The van der Waals surface area contributed by atoms with Crippen LogP contribution in [0.1, 0.15) is 27.2 Å². The van der Waals surface area contributed by atoms with Crippen molar-refractivity contribution in [1.82, 2.24) is 0 Å². The Morgan fingerprint density at radius 1 is 1.23 bits per heavy atom. The molecule has 0 aliphatic rings. The van der Waals surface area contributed by atoms with Gasteiger partial charge in [0.25, 0.3) is 0 Å². The SMILES string of the molecule is CCCP(CCO)CCOC(C)C. The quantitative estimate of drug-likeness (QED) is 0.617. The van der Waals surface area contributed by atoms with Crippen LogP contribution < -0.4 is 0 Å². The van der Waals surface area contributed by atoms with Crippen LogP contribution in [0, 0.1) is 0 Å². The van der Waals surface area contributed by atoms with E-state index in [-0.39, 0.29) is 7.92 Å². The first-order valence-electron chi connectivity index (χ1n) is 5.15. The molecule has 2 nitrogen and oxygen atoms in total. The summed E-state index contributed by atoms with van der Waals surface area (Å²) < 4.78 is 5.50. The van der Waals surface area contributed by atoms with Gasteiger partial charge < -0.3 is 9.84 Å². The Morgan fingerprint density at radius 2 is 1.92 bits per heavy atom. The summed E-state index contributed by atoms with van der Waals surface area (Å²) in [6.07, 6.45) is 4.99. The highest BCUT2D eigenvalue weighted by Crippen LogP contribution is 2.34. The minimum atomic E-state index is 0.0335. The van der Waals surface area contributed by atoms with E-state index in [1.54, 1.807) is 0 Å². The largest absolute Gasteiger partial charge is 0.396 e. The van der Waals surface area contributed by atoms with Gasteiger partial charge in [0.2, 0.25) is 0 Å². The van der Waals surface area contributed by atoms with E-state index in [9.17, 15) is 0 Å². The number of aliphatic hydroxyl groups is 1. The molecule has 0 saturated carbocycles. The monoisotopic (exact) mass is 206 g/mol. The lowest BCUT2D eigenvalue weighted by Gasteiger charge is -2.16. The summed E-state index contributed by atoms with van der Waals surface area (Å²) in [5.41, 5.74) is 0. The molecule has 0 rings (SSSR count). The normalized spacial score (nSPS) is 13.6. The molecule has 0 spiro atoms. The maximum absolute atomic E-state index is 8.85. The first-order chi connectivity index (χ1) is 6.20. The Kier molecular flexibility index (Phi) is 9.17. The molecule has 0 heterocycles. The molecule has 1 unspecified atom stereocenters. The van der Waals surface area contributed by atoms with E-state index in [2.05, 4.69) is 20.8 Å². The molecular formula is C10H23O2P. The molecule has 0 aromatic heterocycles. The number of aliphatic hydroxyl groups excluding tert-OH is 1. The lowest BCUT2D eigenvalue weighted by atomic mass is 10.5. The molecule has 1 N–H and O–H groups in total. The van der Waals surface area contributed by atoms with E-state index in [1.807, 2.05) is 0 Å². The number of hydrogen-bond donors (Lipinski definition) is 1. The van der Waals surface area contributed by atoms with Gasteiger partial charge in [0.05, 0.1) is 12.7 Å². The molecule has 1 atom stereocenters. The molecule has 0 saturated heterocycles. The maximum atomic E-state index is 8.85. The van der Waals surface area contributed by atoms with Gasteiger partial charge in [-0.25, -0.2) is 0 Å². The minimum Gasteiger partial charge on any atom is -0.396 e. The van der Waals surface area contributed by atoms with Gasteiger partial charge in [-0.1, -0.05) is 13.3 Å². The van der Waals surface area contributed by atoms with Crippen LogP contribution in [0.25, 0.3) is 0 Å². The smallest absolute Gasteiger partial charge is 0.0519 e. The summed E-state index contributed by atoms with van der Waals surface area (Å²) >= 11 is 0. The van der Waals surface area contributed by atoms with Crippen molar-refractivity contribution in [2.75, 3.05) is 31.7 Å². The summed E-state index contributed by atoms with van der Waals surface area (Å²) in [5, 5.41) is 8.85. The van der Waals surface area contributed by atoms with Gasteiger partial charge in [-0.15, -0.1) is 7.92 Å². The highest BCUT2D eigenvalue weighted by Gasteiger charge is 2.06. The van der Waals surface area contributed by atoms with Crippen molar-refractivity contribution >= 4 is 7.92 Å². The highest BCUT2D eigenvalue weighted by molar-refractivity contribution is 7.57. The van der Waals surface area contributed by atoms with E-state index < -0.39 is 0 Å². The van der Waals surface area contributed by atoms with Gasteiger partial charge >= 0.3 is 0 Å². The van der Waals surface area contributed by atoms with E-state index in [4.69, 9.17) is 9.84 Å². The number of rotatable bonds is 8. The zero-order valence-electron chi connectivity index (χ0n) is 9.12. The third-order valence-electron chi connectivity index (χ3n) is 1.81. The second-order valence-electron chi connectivity index (χ2n) is 3.48. The van der Waals surface area contributed by atoms with Crippen LogP contribution in [-0.4, -0.2) is 42.9 Å². The lowest BCUT2D eigenvalue weighted by Crippen LogP contribution is -2.09. The zero-order valence-corrected chi connectivity index (χ0v) is 10.0. The molecule has 0 amide bonds. The number of hydrogen-bond acceptors (Lipinski definition) is 2. The third-order valence-corrected chi connectivity index (χ3v) is 4.54. The average Bonchev–Trinajstić information content (AvgIpc) is 2.04. The topological polar surface area (TPSA) is 29.5 Å². The molecule has 13 heavy (non-hydrogen) atoms. The Morgan fingerprint density at radius 3 is 2.38 bits per heavy atom. The molecular weight excluding hydrogens is 183 g/mol. The summed E-state index contributed by atoms with van der Waals surface area (Å²) in [6.45, 7) is 7.54. The second-order valence-corrected chi connectivity index (χ2v) is 6.17. The van der Waals surface area contributed by atoms with Gasteiger partial charge in [-0.2, -0.15) is 0 Å². The van der Waals surface area contributed by atoms with Crippen molar-refractivity contribution in [3.05, 3.63) is 0 Å². The van der Waals surface area contributed by atoms with Crippen molar-refractivity contribution in [1.29, 1.82) is 0 Å². The predicted octanol–water partition coefficient (Wildman–Crippen LogP) is 2.30. The summed E-state index contributed by atoms with van der Waals surface area (Å²) in [4.78, 5) is 0. The fourth-order valence-electron chi connectivity index (χ4n) is 1.21. The highest BCUT2D eigenvalue weighted by atomic mass is 31.1. The fourth-order valence-corrected chi connectivity index (χ4v) is 3.16. The molecule has 0 radical (unpaired) electrons. The van der Waals surface area contributed by atoms with E-state index in [0.717, 1.165) is 18.9 Å². The third kappa shape index (κ3) is 8.67. The molecule has 0 aromatic rings. The van der Waals surface area contributed by atoms with E-state index in [0.29, 0.717) is 12.7 Å². The molecule has 0 aromatic carbocycles. The molecule has 0 fully saturated rings. The van der Waals surface area contributed by atoms with Crippen LogP contribution in [0.3, 0.4) is 0 Å². The second kappa shape index (κ2) is 8.93. The zero-order chi connectivity index (χ0) is 10.1. The van der Waals surface area contributed by atoms with Gasteiger partial charge in [-0.3, -0.25) is 0 Å². The van der Waals surface area contributed by atoms with Crippen LogP contribution >= 0.6 is 7.92 Å². The minimum absolute atomic E-state index is 0.0335. The van der Waals surface area contributed by atoms with E-state index >= 15 is 0 Å². The van der Waals surface area contributed by atoms with Crippen LogP contribution in [0.5, 0.6) is 0 Å². The molecule has 0 bridgehead atoms. The summed E-state index contributed by atoms with van der Waals surface area (Å²) in [7, 11) is 0.0335. The Bertz CT molecular complexity index is 101. The summed E-state index contributed by atoms with van der Waals surface area (Å²) in [5.74, 6) is 0. The number of ether oxygens (including phenoxy) is 1. The molecule has 3 heteroatoms. The first kappa shape index (κ1) is 13.4. The molecule has 0 aliphatic carbocycles. The van der Waals surface area contributed by atoms with Crippen LogP contribution in [-0.2, 0) is 4.74 Å².